The number of sulfonamides is 1. The SMILES string of the molecule is Cc1ccc(S(=O)(=O)NC2CCN(C(=O)c3ccc4nc[nH]c4c3)CC2)cc1. The number of H-pyrrole nitrogens is 1. The minimum atomic E-state index is -3.55. The van der Waals surface area contributed by atoms with E-state index in [1.807, 2.05) is 13.0 Å². The molecule has 1 aliphatic rings. The highest BCUT2D eigenvalue weighted by Gasteiger charge is 2.27. The Kier molecular flexibility index (Phi) is 4.91. The summed E-state index contributed by atoms with van der Waals surface area (Å²) in [6.07, 6.45) is 2.77. The van der Waals surface area contributed by atoms with Gasteiger partial charge in [-0.1, -0.05) is 17.7 Å². The standard InChI is InChI=1S/C20H22N4O3S/c1-14-2-5-17(6-3-14)28(26,27)23-16-8-10-24(11-9-16)20(25)15-4-7-18-19(12-15)22-13-21-18/h2-7,12-13,16,23H,8-11H2,1H3,(H,21,22). The number of aryl methyl sites for hydroxylation is 1. The number of aromatic amines is 1. The first-order valence-corrected chi connectivity index (χ1v) is 10.7. The van der Waals surface area contributed by atoms with E-state index < -0.39 is 10.0 Å². The van der Waals surface area contributed by atoms with Crippen molar-refractivity contribution >= 4 is 27.0 Å². The van der Waals surface area contributed by atoms with Crippen LogP contribution >= 0.6 is 0 Å². The largest absolute Gasteiger partial charge is 0.345 e. The van der Waals surface area contributed by atoms with E-state index in [4.69, 9.17) is 0 Å². The lowest BCUT2D eigenvalue weighted by Crippen LogP contribution is -2.46. The number of imidazole rings is 1. The molecule has 0 atom stereocenters. The Balaban J connectivity index is 1.38. The maximum Gasteiger partial charge on any atom is 0.253 e. The van der Waals surface area contributed by atoms with Crippen LogP contribution in [0.3, 0.4) is 0 Å². The number of nitrogens with zero attached hydrogens (tertiary/aromatic N) is 2. The van der Waals surface area contributed by atoms with Crippen LogP contribution in [0, 0.1) is 6.92 Å². The lowest BCUT2D eigenvalue weighted by molar-refractivity contribution is 0.0711. The Morgan fingerprint density at radius 1 is 1.14 bits per heavy atom. The van der Waals surface area contributed by atoms with Crippen LogP contribution in [0.5, 0.6) is 0 Å². The number of rotatable bonds is 4. The molecule has 7 nitrogen and oxygen atoms in total. The highest BCUT2D eigenvalue weighted by molar-refractivity contribution is 7.89. The summed E-state index contributed by atoms with van der Waals surface area (Å²) in [6.45, 7) is 2.95. The number of hydrogen-bond donors (Lipinski definition) is 2. The van der Waals surface area contributed by atoms with Crippen molar-refractivity contribution < 1.29 is 13.2 Å². The van der Waals surface area contributed by atoms with Crippen molar-refractivity contribution in [2.75, 3.05) is 13.1 Å². The summed E-state index contributed by atoms with van der Waals surface area (Å²) in [7, 11) is -3.55. The van der Waals surface area contributed by atoms with Gasteiger partial charge in [0.2, 0.25) is 10.0 Å². The average Bonchev–Trinajstić information content (AvgIpc) is 3.16. The first-order valence-electron chi connectivity index (χ1n) is 9.24. The molecule has 2 N–H and O–H groups in total. The van der Waals surface area contributed by atoms with Crippen molar-refractivity contribution in [1.29, 1.82) is 0 Å². The number of hydrogen-bond acceptors (Lipinski definition) is 4. The van der Waals surface area contributed by atoms with Gasteiger partial charge in [-0.3, -0.25) is 4.79 Å². The predicted molar refractivity (Wildman–Crippen MR) is 107 cm³/mol. The molecule has 0 aliphatic carbocycles. The minimum absolute atomic E-state index is 0.0451. The molecule has 1 aliphatic heterocycles. The zero-order valence-electron chi connectivity index (χ0n) is 15.6. The fourth-order valence-corrected chi connectivity index (χ4v) is 4.76. The van der Waals surface area contributed by atoms with Crippen molar-refractivity contribution in [2.45, 2.75) is 30.7 Å². The molecule has 2 aromatic carbocycles. The zero-order valence-corrected chi connectivity index (χ0v) is 16.4. The molecule has 146 valence electrons. The van der Waals surface area contributed by atoms with Gasteiger partial charge in [-0.2, -0.15) is 0 Å². The Bertz CT molecular complexity index is 1100. The van der Waals surface area contributed by atoms with E-state index in [0.717, 1.165) is 16.6 Å². The van der Waals surface area contributed by atoms with Gasteiger partial charge in [-0.05, 0) is 50.1 Å². The molecule has 1 amide bonds. The van der Waals surface area contributed by atoms with E-state index in [9.17, 15) is 13.2 Å². The van der Waals surface area contributed by atoms with Crippen molar-refractivity contribution in [3.63, 3.8) is 0 Å². The number of piperidine rings is 1. The summed E-state index contributed by atoms with van der Waals surface area (Å²) in [5.74, 6) is -0.0451. The predicted octanol–water partition coefficient (Wildman–Crippen LogP) is 2.45. The number of carbonyl (C=O) groups is 1. The summed E-state index contributed by atoms with van der Waals surface area (Å²) in [4.78, 5) is 22.0. The summed E-state index contributed by atoms with van der Waals surface area (Å²) in [5, 5.41) is 0. The number of fused-ring (bicyclic) bond motifs is 1. The normalized spacial score (nSPS) is 15.8. The number of likely N-dealkylation sites (tertiary alicyclic amines) is 1. The van der Waals surface area contributed by atoms with E-state index in [1.165, 1.54) is 0 Å². The lowest BCUT2D eigenvalue weighted by Gasteiger charge is -2.32. The van der Waals surface area contributed by atoms with Gasteiger partial charge in [0.25, 0.3) is 5.91 Å². The number of amides is 1. The Morgan fingerprint density at radius 2 is 1.86 bits per heavy atom. The molecule has 8 heteroatoms. The molecule has 0 saturated carbocycles. The van der Waals surface area contributed by atoms with Crippen molar-refractivity contribution in [3.8, 4) is 0 Å². The maximum absolute atomic E-state index is 12.8. The van der Waals surface area contributed by atoms with E-state index in [0.29, 0.717) is 31.5 Å². The van der Waals surface area contributed by atoms with Gasteiger partial charge >= 0.3 is 0 Å². The highest BCUT2D eigenvalue weighted by atomic mass is 32.2. The van der Waals surface area contributed by atoms with Gasteiger partial charge in [-0.15, -0.1) is 0 Å². The first kappa shape index (κ1) is 18.6. The molecule has 28 heavy (non-hydrogen) atoms. The molecule has 0 radical (unpaired) electrons. The molecule has 4 rings (SSSR count). The molecular formula is C20H22N4O3S. The van der Waals surface area contributed by atoms with Crippen LogP contribution in [0.15, 0.2) is 53.7 Å². The molecule has 0 spiro atoms. The van der Waals surface area contributed by atoms with Gasteiger partial charge in [-0.25, -0.2) is 18.1 Å². The van der Waals surface area contributed by atoms with Gasteiger partial charge < -0.3 is 9.88 Å². The number of carbonyl (C=O) groups excluding carboxylic acids is 1. The van der Waals surface area contributed by atoms with Crippen LogP contribution in [0.1, 0.15) is 28.8 Å². The number of nitrogens with one attached hydrogen (secondary N) is 2. The quantitative estimate of drug-likeness (QED) is 0.706. The zero-order chi connectivity index (χ0) is 19.7. The third-order valence-electron chi connectivity index (χ3n) is 5.10. The van der Waals surface area contributed by atoms with Gasteiger partial charge in [0.1, 0.15) is 0 Å². The fraction of sp³-hybridized carbons (Fsp3) is 0.300. The summed E-state index contributed by atoms with van der Waals surface area (Å²) in [5.41, 5.74) is 3.27. The lowest BCUT2D eigenvalue weighted by atomic mass is 10.0. The van der Waals surface area contributed by atoms with Gasteiger partial charge in [0.05, 0.1) is 22.3 Å². The monoisotopic (exact) mass is 398 g/mol. The minimum Gasteiger partial charge on any atom is -0.345 e. The van der Waals surface area contributed by atoms with E-state index in [1.54, 1.807) is 47.6 Å². The summed E-state index contributed by atoms with van der Waals surface area (Å²) < 4.78 is 27.9. The van der Waals surface area contributed by atoms with Gasteiger partial charge in [0.15, 0.2) is 0 Å². The van der Waals surface area contributed by atoms with Gasteiger partial charge in [0, 0.05) is 24.7 Å². The Hall–Kier alpha value is -2.71. The van der Waals surface area contributed by atoms with Crippen LogP contribution in [0.25, 0.3) is 11.0 Å². The maximum atomic E-state index is 12.8. The van der Waals surface area contributed by atoms with Crippen LogP contribution < -0.4 is 4.72 Å². The topological polar surface area (TPSA) is 95.2 Å². The molecule has 3 aromatic rings. The molecule has 0 bridgehead atoms. The second-order valence-electron chi connectivity index (χ2n) is 7.14. The van der Waals surface area contributed by atoms with Crippen LogP contribution in [-0.4, -0.2) is 48.3 Å². The second kappa shape index (κ2) is 7.37. The third kappa shape index (κ3) is 3.79. The van der Waals surface area contributed by atoms with Crippen LogP contribution in [-0.2, 0) is 10.0 Å². The fourth-order valence-electron chi connectivity index (χ4n) is 3.46. The average molecular weight is 398 g/mol. The van der Waals surface area contributed by atoms with E-state index in [2.05, 4.69) is 14.7 Å². The summed E-state index contributed by atoms with van der Waals surface area (Å²) >= 11 is 0. The number of benzene rings is 2. The summed E-state index contributed by atoms with van der Waals surface area (Å²) in [6, 6.07) is 12.0. The molecule has 1 fully saturated rings. The van der Waals surface area contributed by atoms with Crippen molar-refractivity contribution in [1.82, 2.24) is 19.6 Å². The van der Waals surface area contributed by atoms with Crippen molar-refractivity contribution in [2.24, 2.45) is 0 Å². The van der Waals surface area contributed by atoms with E-state index >= 15 is 0 Å². The Labute approximate surface area is 163 Å². The third-order valence-corrected chi connectivity index (χ3v) is 6.64. The molecule has 1 aromatic heterocycles. The smallest absolute Gasteiger partial charge is 0.253 e. The first-order chi connectivity index (χ1) is 13.4. The molecule has 2 heterocycles. The van der Waals surface area contributed by atoms with Crippen molar-refractivity contribution in [3.05, 3.63) is 59.9 Å². The van der Waals surface area contributed by atoms with E-state index in [-0.39, 0.29) is 16.8 Å². The van der Waals surface area contributed by atoms with Crippen LogP contribution in [0.4, 0.5) is 0 Å². The highest BCUT2D eigenvalue weighted by Crippen LogP contribution is 2.19. The molecule has 0 unspecified atom stereocenters. The second-order valence-corrected chi connectivity index (χ2v) is 8.85. The van der Waals surface area contributed by atoms with Crippen LogP contribution in [0.2, 0.25) is 0 Å². The Morgan fingerprint density at radius 3 is 2.57 bits per heavy atom. The molecule has 1 saturated heterocycles. The molecular weight excluding hydrogens is 376 g/mol. The number of aromatic nitrogens is 2.